The van der Waals surface area contributed by atoms with Crippen molar-refractivity contribution in [3.8, 4) is 0 Å². The smallest absolute Gasteiger partial charge is 0.0564 e. The molecule has 110 valence electrons. The molecule has 0 bridgehead atoms. The zero-order chi connectivity index (χ0) is 14.6. The minimum absolute atomic E-state index is 0.232. The molecule has 1 aromatic rings. The van der Waals surface area contributed by atoms with Crippen molar-refractivity contribution in [3.05, 3.63) is 21.9 Å². The fourth-order valence-electron chi connectivity index (χ4n) is 2.35. The summed E-state index contributed by atoms with van der Waals surface area (Å²) in [6.45, 7) is 12.0. The first-order valence-electron chi connectivity index (χ1n) is 7.33. The molecule has 0 saturated carbocycles. The van der Waals surface area contributed by atoms with Crippen LogP contribution in [0.5, 0.6) is 0 Å². The summed E-state index contributed by atoms with van der Waals surface area (Å²) in [5, 5.41) is 0. The number of nitrogens with two attached hydrogens (primary N) is 1. The van der Waals surface area contributed by atoms with E-state index < -0.39 is 0 Å². The van der Waals surface area contributed by atoms with Crippen molar-refractivity contribution in [1.29, 1.82) is 0 Å². The lowest BCUT2D eigenvalue weighted by Gasteiger charge is -2.32. The molecule has 1 heterocycles. The van der Waals surface area contributed by atoms with Crippen LogP contribution in [-0.4, -0.2) is 24.5 Å². The SMILES string of the molecule is CCCC(C)N(C)C(CN)c1ccc(C(C)(C)C)s1. The summed E-state index contributed by atoms with van der Waals surface area (Å²) < 4.78 is 0. The van der Waals surface area contributed by atoms with Crippen molar-refractivity contribution >= 4 is 11.3 Å². The maximum Gasteiger partial charge on any atom is 0.0564 e. The van der Waals surface area contributed by atoms with E-state index >= 15 is 0 Å². The molecule has 0 amide bonds. The Bertz CT molecular complexity index is 378. The maximum absolute atomic E-state index is 6.02. The molecule has 0 aliphatic carbocycles. The van der Waals surface area contributed by atoms with Crippen LogP contribution < -0.4 is 5.73 Å². The topological polar surface area (TPSA) is 29.3 Å². The van der Waals surface area contributed by atoms with E-state index in [0.717, 1.165) is 0 Å². The molecule has 2 nitrogen and oxygen atoms in total. The third-order valence-corrected chi connectivity index (χ3v) is 5.42. The van der Waals surface area contributed by atoms with E-state index in [1.165, 1.54) is 22.6 Å². The summed E-state index contributed by atoms with van der Waals surface area (Å²) in [5.41, 5.74) is 6.25. The Labute approximate surface area is 123 Å². The molecule has 2 atom stereocenters. The fraction of sp³-hybridized carbons (Fsp3) is 0.750. The van der Waals surface area contributed by atoms with E-state index in [1.54, 1.807) is 0 Å². The molecule has 0 aromatic carbocycles. The Morgan fingerprint density at radius 3 is 2.37 bits per heavy atom. The van der Waals surface area contributed by atoms with E-state index in [-0.39, 0.29) is 5.41 Å². The van der Waals surface area contributed by atoms with E-state index in [0.29, 0.717) is 18.6 Å². The fourth-order valence-corrected chi connectivity index (χ4v) is 3.58. The molecule has 2 N–H and O–H groups in total. The maximum atomic E-state index is 6.02. The summed E-state index contributed by atoms with van der Waals surface area (Å²) >= 11 is 1.91. The van der Waals surface area contributed by atoms with Crippen molar-refractivity contribution in [1.82, 2.24) is 4.90 Å². The molecule has 0 fully saturated rings. The first-order chi connectivity index (χ1) is 8.81. The van der Waals surface area contributed by atoms with E-state index in [2.05, 4.69) is 58.7 Å². The van der Waals surface area contributed by atoms with Gasteiger partial charge in [-0.25, -0.2) is 0 Å². The summed E-state index contributed by atoms with van der Waals surface area (Å²) in [6, 6.07) is 5.46. The van der Waals surface area contributed by atoms with E-state index in [9.17, 15) is 0 Å². The van der Waals surface area contributed by atoms with Crippen molar-refractivity contribution in [3.63, 3.8) is 0 Å². The molecular formula is C16H30N2S. The van der Waals surface area contributed by atoms with Crippen molar-refractivity contribution < 1.29 is 0 Å². The van der Waals surface area contributed by atoms with Gasteiger partial charge < -0.3 is 5.73 Å². The Balaban J connectivity index is 2.88. The Hall–Kier alpha value is -0.380. The molecule has 0 saturated heterocycles. The molecule has 3 heteroatoms. The number of hydrogen-bond acceptors (Lipinski definition) is 3. The van der Waals surface area contributed by atoms with Gasteiger partial charge in [0.25, 0.3) is 0 Å². The van der Waals surface area contributed by atoms with Gasteiger partial charge in [-0.05, 0) is 37.9 Å². The zero-order valence-electron chi connectivity index (χ0n) is 13.4. The molecule has 0 radical (unpaired) electrons. The summed E-state index contributed by atoms with van der Waals surface area (Å²) in [4.78, 5) is 5.28. The van der Waals surface area contributed by atoms with Gasteiger partial charge in [0.05, 0.1) is 6.04 Å². The molecule has 19 heavy (non-hydrogen) atoms. The quantitative estimate of drug-likeness (QED) is 0.848. The normalized spacial score (nSPS) is 15.8. The van der Waals surface area contributed by atoms with Crippen LogP contribution in [0.3, 0.4) is 0 Å². The second-order valence-electron chi connectivity index (χ2n) is 6.51. The van der Waals surface area contributed by atoms with Gasteiger partial charge in [-0.1, -0.05) is 34.1 Å². The third-order valence-electron chi connectivity index (χ3n) is 3.81. The van der Waals surface area contributed by atoms with Gasteiger partial charge in [-0.15, -0.1) is 11.3 Å². The predicted molar refractivity (Wildman–Crippen MR) is 86.9 cm³/mol. The highest BCUT2D eigenvalue weighted by molar-refractivity contribution is 7.12. The van der Waals surface area contributed by atoms with Crippen LogP contribution in [0.25, 0.3) is 0 Å². The Morgan fingerprint density at radius 1 is 1.32 bits per heavy atom. The van der Waals surface area contributed by atoms with Gasteiger partial charge in [0.2, 0.25) is 0 Å². The highest BCUT2D eigenvalue weighted by Gasteiger charge is 2.23. The number of nitrogens with zero attached hydrogens (tertiary/aromatic N) is 1. The van der Waals surface area contributed by atoms with Crippen LogP contribution in [0.4, 0.5) is 0 Å². The first kappa shape index (κ1) is 16.7. The average molecular weight is 282 g/mol. The van der Waals surface area contributed by atoms with Gasteiger partial charge in [0.1, 0.15) is 0 Å². The molecule has 1 aromatic heterocycles. The number of hydrogen-bond donors (Lipinski definition) is 1. The van der Waals surface area contributed by atoms with Gasteiger partial charge in [-0.2, -0.15) is 0 Å². The molecular weight excluding hydrogens is 252 g/mol. The molecule has 0 spiro atoms. The Morgan fingerprint density at radius 2 is 1.95 bits per heavy atom. The number of likely N-dealkylation sites (N-methyl/N-ethyl adjacent to an activating group) is 1. The van der Waals surface area contributed by atoms with Gasteiger partial charge in [-0.3, -0.25) is 4.90 Å². The highest BCUT2D eigenvalue weighted by Crippen LogP contribution is 2.34. The molecule has 2 unspecified atom stereocenters. The van der Waals surface area contributed by atoms with Crippen LogP contribution in [0.1, 0.15) is 63.3 Å². The minimum atomic E-state index is 0.232. The summed E-state index contributed by atoms with van der Waals surface area (Å²) in [6.07, 6.45) is 2.45. The van der Waals surface area contributed by atoms with Crippen LogP contribution in [0.15, 0.2) is 12.1 Å². The monoisotopic (exact) mass is 282 g/mol. The van der Waals surface area contributed by atoms with Crippen LogP contribution >= 0.6 is 11.3 Å². The summed E-state index contributed by atoms with van der Waals surface area (Å²) in [7, 11) is 2.20. The second kappa shape index (κ2) is 6.87. The molecule has 1 rings (SSSR count). The average Bonchev–Trinajstić information content (AvgIpc) is 2.79. The van der Waals surface area contributed by atoms with E-state index in [4.69, 9.17) is 5.73 Å². The van der Waals surface area contributed by atoms with Crippen molar-refractivity contribution in [2.45, 2.75) is 65.0 Å². The minimum Gasteiger partial charge on any atom is -0.329 e. The second-order valence-corrected chi connectivity index (χ2v) is 7.62. The van der Waals surface area contributed by atoms with Crippen molar-refractivity contribution in [2.75, 3.05) is 13.6 Å². The largest absolute Gasteiger partial charge is 0.329 e. The van der Waals surface area contributed by atoms with Crippen LogP contribution in [0, 0.1) is 0 Å². The molecule has 0 aliphatic rings. The lowest BCUT2D eigenvalue weighted by Crippen LogP contribution is -2.36. The van der Waals surface area contributed by atoms with Crippen LogP contribution in [-0.2, 0) is 5.41 Å². The highest BCUT2D eigenvalue weighted by atomic mass is 32.1. The van der Waals surface area contributed by atoms with Crippen LogP contribution in [0.2, 0.25) is 0 Å². The van der Waals surface area contributed by atoms with Gasteiger partial charge in [0.15, 0.2) is 0 Å². The summed E-state index contributed by atoms with van der Waals surface area (Å²) in [5.74, 6) is 0. The van der Waals surface area contributed by atoms with Crippen molar-refractivity contribution in [2.24, 2.45) is 5.73 Å². The van der Waals surface area contributed by atoms with E-state index in [1.807, 2.05) is 11.3 Å². The zero-order valence-corrected chi connectivity index (χ0v) is 14.2. The third kappa shape index (κ3) is 4.30. The first-order valence-corrected chi connectivity index (χ1v) is 8.15. The number of rotatable bonds is 6. The Kier molecular flexibility index (Phi) is 6.03. The van der Waals surface area contributed by atoms with Gasteiger partial charge >= 0.3 is 0 Å². The van der Waals surface area contributed by atoms with Gasteiger partial charge in [0, 0.05) is 22.3 Å². The lowest BCUT2D eigenvalue weighted by molar-refractivity contribution is 0.182. The standard InChI is InChI=1S/C16H30N2S/c1-7-8-12(2)18(6)13(11-17)14-9-10-15(19-14)16(3,4)5/h9-10,12-13H,7-8,11,17H2,1-6H3. The molecule has 0 aliphatic heterocycles. The predicted octanol–water partition coefficient (Wildman–Crippen LogP) is 4.17. The number of thiophene rings is 1. The lowest BCUT2D eigenvalue weighted by atomic mass is 9.95.